The second-order valence-electron chi connectivity index (χ2n) is 7.61. The molecule has 1 N–H and O–H groups in total. The van der Waals surface area contributed by atoms with Gasteiger partial charge in [0.15, 0.2) is 0 Å². The number of amides is 1. The molecule has 30 heavy (non-hydrogen) atoms. The Kier molecular flexibility index (Phi) is 5.86. The predicted octanol–water partition coefficient (Wildman–Crippen LogP) is 2.29. The van der Waals surface area contributed by atoms with E-state index in [2.05, 4.69) is 5.32 Å². The van der Waals surface area contributed by atoms with E-state index < -0.39 is 32.6 Å². The van der Waals surface area contributed by atoms with E-state index in [1.54, 1.807) is 0 Å². The van der Waals surface area contributed by atoms with Crippen LogP contribution in [0.25, 0.3) is 0 Å². The zero-order valence-corrected chi connectivity index (χ0v) is 17.1. The van der Waals surface area contributed by atoms with Gasteiger partial charge in [-0.2, -0.15) is 4.31 Å². The molecule has 1 aliphatic carbocycles. The Morgan fingerprint density at radius 3 is 2.27 bits per heavy atom. The maximum absolute atomic E-state index is 14.1. The summed E-state index contributed by atoms with van der Waals surface area (Å²) in [5, 5.41) is 3.03. The van der Waals surface area contributed by atoms with Crippen molar-refractivity contribution in [2.75, 3.05) is 26.2 Å². The number of nitrogens with one attached hydrogen (secondary N) is 1. The molecular formula is C21H23F2N3O3S. The summed E-state index contributed by atoms with van der Waals surface area (Å²) >= 11 is 0. The first-order chi connectivity index (χ1) is 14.4. The molecule has 1 unspecified atom stereocenters. The minimum atomic E-state index is -4.09. The van der Waals surface area contributed by atoms with Crippen molar-refractivity contribution >= 4 is 15.9 Å². The molecule has 2 aromatic carbocycles. The quantitative estimate of drug-likeness (QED) is 0.756. The molecule has 1 heterocycles. The van der Waals surface area contributed by atoms with Gasteiger partial charge in [-0.05, 0) is 30.5 Å². The van der Waals surface area contributed by atoms with Crippen LogP contribution in [0.5, 0.6) is 0 Å². The third kappa shape index (κ3) is 4.38. The number of hydrogen-bond donors (Lipinski definition) is 1. The standard InChI is InChI=1S/C21H23F2N3O3S/c22-16-6-9-19(18(23)14-16)30(28,29)26-12-10-25(11-13-26)20(15-4-2-1-3-5-15)21(27)24-17-7-8-17/h1-6,9,14,17,20H,7-8,10-13H2,(H,24,27). The number of carbonyl (C=O) groups excluding carboxylic acids is 1. The largest absolute Gasteiger partial charge is 0.352 e. The van der Waals surface area contributed by atoms with Crippen LogP contribution >= 0.6 is 0 Å². The van der Waals surface area contributed by atoms with Crippen molar-refractivity contribution in [3.63, 3.8) is 0 Å². The Labute approximate surface area is 174 Å². The third-order valence-corrected chi connectivity index (χ3v) is 7.37. The van der Waals surface area contributed by atoms with Crippen molar-refractivity contribution in [1.82, 2.24) is 14.5 Å². The van der Waals surface area contributed by atoms with Gasteiger partial charge in [0.2, 0.25) is 15.9 Å². The fourth-order valence-electron chi connectivity index (χ4n) is 3.70. The number of benzene rings is 2. The van der Waals surface area contributed by atoms with Gasteiger partial charge < -0.3 is 5.32 Å². The smallest absolute Gasteiger partial charge is 0.246 e. The van der Waals surface area contributed by atoms with Crippen LogP contribution in [0.3, 0.4) is 0 Å². The van der Waals surface area contributed by atoms with Crippen LogP contribution < -0.4 is 5.32 Å². The van der Waals surface area contributed by atoms with Gasteiger partial charge in [-0.25, -0.2) is 17.2 Å². The lowest BCUT2D eigenvalue weighted by atomic mass is 10.0. The molecule has 4 rings (SSSR count). The van der Waals surface area contributed by atoms with E-state index in [0.717, 1.165) is 30.5 Å². The number of halogens is 2. The highest BCUT2D eigenvalue weighted by molar-refractivity contribution is 7.89. The molecular weight excluding hydrogens is 412 g/mol. The molecule has 1 saturated heterocycles. The van der Waals surface area contributed by atoms with Crippen molar-refractivity contribution in [3.8, 4) is 0 Å². The minimum Gasteiger partial charge on any atom is -0.352 e. The van der Waals surface area contributed by atoms with Crippen LogP contribution in [-0.4, -0.2) is 55.8 Å². The van der Waals surface area contributed by atoms with Gasteiger partial charge >= 0.3 is 0 Å². The molecule has 2 fully saturated rings. The normalized spacial score (nSPS) is 19.4. The van der Waals surface area contributed by atoms with Crippen LogP contribution in [0.4, 0.5) is 8.78 Å². The Bertz CT molecular complexity index is 1020. The van der Waals surface area contributed by atoms with Crippen LogP contribution in [0.15, 0.2) is 53.4 Å². The van der Waals surface area contributed by atoms with Gasteiger partial charge in [-0.1, -0.05) is 30.3 Å². The average molecular weight is 435 g/mol. The molecule has 1 amide bonds. The predicted molar refractivity (Wildman–Crippen MR) is 107 cm³/mol. The molecule has 1 saturated carbocycles. The van der Waals surface area contributed by atoms with Gasteiger partial charge in [0, 0.05) is 38.3 Å². The Hall–Kier alpha value is -2.36. The zero-order valence-electron chi connectivity index (χ0n) is 16.3. The summed E-state index contributed by atoms with van der Waals surface area (Å²) < 4.78 is 54.0. The summed E-state index contributed by atoms with van der Waals surface area (Å²) in [6.07, 6.45) is 1.95. The number of piperazine rings is 1. The van der Waals surface area contributed by atoms with Crippen molar-refractivity contribution in [1.29, 1.82) is 0 Å². The molecule has 6 nitrogen and oxygen atoms in total. The van der Waals surface area contributed by atoms with Crippen LogP contribution in [0.2, 0.25) is 0 Å². The van der Waals surface area contributed by atoms with Crippen molar-refractivity contribution in [3.05, 3.63) is 65.7 Å². The molecule has 0 radical (unpaired) electrons. The lowest BCUT2D eigenvalue weighted by Gasteiger charge is -2.38. The van der Waals surface area contributed by atoms with E-state index in [1.807, 2.05) is 35.2 Å². The van der Waals surface area contributed by atoms with E-state index in [4.69, 9.17) is 0 Å². The number of nitrogens with zero attached hydrogens (tertiary/aromatic N) is 2. The number of hydrogen-bond acceptors (Lipinski definition) is 4. The highest BCUT2D eigenvalue weighted by atomic mass is 32.2. The van der Waals surface area contributed by atoms with Gasteiger partial charge in [-0.3, -0.25) is 9.69 Å². The van der Waals surface area contributed by atoms with Crippen molar-refractivity contribution in [2.24, 2.45) is 0 Å². The highest BCUT2D eigenvalue weighted by Crippen LogP contribution is 2.28. The van der Waals surface area contributed by atoms with Crippen molar-refractivity contribution < 1.29 is 22.0 Å². The summed E-state index contributed by atoms with van der Waals surface area (Å²) in [4.78, 5) is 14.3. The summed E-state index contributed by atoms with van der Waals surface area (Å²) in [6.45, 7) is 0.859. The first kappa shape index (κ1) is 20.9. The van der Waals surface area contributed by atoms with E-state index >= 15 is 0 Å². The van der Waals surface area contributed by atoms with Gasteiger partial charge in [0.1, 0.15) is 22.6 Å². The Morgan fingerprint density at radius 1 is 1.00 bits per heavy atom. The van der Waals surface area contributed by atoms with Crippen LogP contribution in [0, 0.1) is 11.6 Å². The topological polar surface area (TPSA) is 69.7 Å². The second-order valence-corrected chi connectivity index (χ2v) is 9.52. The van der Waals surface area contributed by atoms with Gasteiger partial charge in [-0.15, -0.1) is 0 Å². The van der Waals surface area contributed by atoms with Crippen LogP contribution in [-0.2, 0) is 14.8 Å². The SMILES string of the molecule is O=C(NC1CC1)C(c1ccccc1)N1CCN(S(=O)(=O)c2ccc(F)cc2F)CC1. The summed E-state index contributed by atoms with van der Waals surface area (Å²) in [6, 6.07) is 11.5. The van der Waals surface area contributed by atoms with Gasteiger partial charge in [0.25, 0.3) is 0 Å². The minimum absolute atomic E-state index is 0.0930. The first-order valence-electron chi connectivity index (χ1n) is 9.91. The third-order valence-electron chi connectivity index (χ3n) is 5.44. The Morgan fingerprint density at radius 2 is 1.67 bits per heavy atom. The molecule has 160 valence electrons. The summed E-state index contributed by atoms with van der Waals surface area (Å²) in [5.41, 5.74) is 0.844. The summed E-state index contributed by atoms with van der Waals surface area (Å²) in [7, 11) is -4.09. The van der Waals surface area contributed by atoms with Crippen molar-refractivity contribution in [2.45, 2.75) is 29.8 Å². The molecule has 0 aromatic heterocycles. The molecule has 1 aliphatic heterocycles. The average Bonchev–Trinajstić information content (AvgIpc) is 3.53. The molecule has 2 aromatic rings. The molecule has 0 spiro atoms. The number of rotatable bonds is 6. The fourth-order valence-corrected chi connectivity index (χ4v) is 5.16. The fraction of sp³-hybridized carbons (Fsp3) is 0.381. The lowest BCUT2D eigenvalue weighted by Crippen LogP contribution is -2.52. The lowest BCUT2D eigenvalue weighted by molar-refractivity contribution is -0.127. The highest BCUT2D eigenvalue weighted by Gasteiger charge is 2.36. The molecule has 9 heteroatoms. The van der Waals surface area contributed by atoms with E-state index in [1.165, 1.54) is 4.31 Å². The molecule has 2 aliphatic rings. The number of sulfonamides is 1. The maximum atomic E-state index is 14.1. The van der Waals surface area contributed by atoms with E-state index in [-0.39, 0.29) is 25.0 Å². The zero-order chi connectivity index (χ0) is 21.3. The number of carbonyl (C=O) groups is 1. The maximum Gasteiger partial charge on any atom is 0.246 e. The van der Waals surface area contributed by atoms with E-state index in [9.17, 15) is 22.0 Å². The molecule has 1 atom stereocenters. The first-order valence-corrected chi connectivity index (χ1v) is 11.3. The van der Waals surface area contributed by atoms with Crippen LogP contribution in [0.1, 0.15) is 24.4 Å². The second kappa shape index (κ2) is 8.41. The Balaban J connectivity index is 1.50. The van der Waals surface area contributed by atoms with Gasteiger partial charge in [0.05, 0.1) is 0 Å². The monoisotopic (exact) mass is 435 g/mol. The van der Waals surface area contributed by atoms with E-state index in [0.29, 0.717) is 19.2 Å². The summed E-state index contributed by atoms with van der Waals surface area (Å²) in [5.74, 6) is -2.03. The molecule has 0 bridgehead atoms.